The Bertz CT molecular complexity index is 1900. The van der Waals surface area contributed by atoms with E-state index in [0.717, 1.165) is 33.4 Å². The fraction of sp³-hybridized carbons (Fsp3) is 0.227. The Morgan fingerprint density at radius 1 is 0.327 bits per heavy atom. The third-order valence-corrected chi connectivity index (χ3v) is 10.0. The molecular formula is C44H42O8. The lowest BCUT2D eigenvalue weighted by Gasteiger charge is -2.25. The Balaban J connectivity index is 1.74. The second-order valence-corrected chi connectivity index (χ2v) is 13.9. The summed E-state index contributed by atoms with van der Waals surface area (Å²) in [6.45, 7) is 14.2. The smallest absolute Gasteiger partial charge is 0.336 e. The van der Waals surface area contributed by atoms with Gasteiger partial charge in [-0.1, -0.05) is 72.8 Å². The van der Waals surface area contributed by atoms with E-state index in [1.54, 1.807) is 55.4 Å². The molecule has 5 aromatic rings. The fourth-order valence-electron chi connectivity index (χ4n) is 8.04. The Kier molecular flexibility index (Phi) is 10.2. The van der Waals surface area contributed by atoms with Gasteiger partial charge < -0.3 is 20.4 Å². The fourth-order valence-corrected chi connectivity index (χ4v) is 8.04. The van der Waals surface area contributed by atoms with Gasteiger partial charge in [0.25, 0.3) is 0 Å². The molecule has 0 heterocycles. The molecule has 0 unspecified atom stereocenters. The molecule has 0 aromatic heterocycles. The minimum atomic E-state index is -1.00. The summed E-state index contributed by atoms with van der Waals surface area (Å²) in [4.78, 5) is 48.3. The lowest BCUT2D eigenvalue weighted by molar-refractivity contribution is 0.0684. The van der Waals surface area contributed by atoms with Crippen molar-refractivity contribution in [2.75, 3.05) is 0 Å². The molecule has 4 N–H and O–H groups in total. The topological polar surface area (TPSA) is 149 Å². The van der Waals surface area contributed by atoms with Gasteiger partial charge in [0.15, 0.2) is 0 Å². The maximum atomic E-state index is 12.1. The average molecular weight is 699 g/mol. The third-order valence-electron chi connectivity index (χ3n) is 10.0. The normalized spacial score (nSPS) is 11.3. The number of aryl methyl sites for hydroxylation is 8. The summed E-state index contributed by atoms with van der Waals surface area (Å²) < 4.78 is 0. The van der Waals surface area contributed by atoms with Crippen molar-refractivity contribution in [1.82, 2.24) is 0 Å². The van der Waals surface area contributed by atoms with E-state index in [2.05, 4.69) is 0 Å². The number of carbonyl (C=O) groups is 4. The van der Waals surface area contributed by atoms with E-state index in [1.807, 2.05) is 72.8 Å². The van der Waals surface area contributed by atoms with Crippen LogP contribution >= 0.6 is 0 Å². The van der Waals surface area contributed by atoms with Crippen LogP contribution in [0.5, 0.6) is 0 Å². The maximum absolute atomic E-state index is 12.1. The lowest BCUT2D eigenvalue weighted by Crippen LogP contribution is -2.12. The zero-order valence-electron chi connectivity index (χ0n) is 30.5. The van der Waals surface area contributed by atoms with Crippen LogP contribution in [0.15, 0.2) is 72.8 Å². The largest absolute Gasteiger partial charge is 0.478 e. The van der Waals surface area contributed by atoms with Gasteiger partial charge in [0.1, 0.15) is 0 Å². The molecule has 0 saturated heterocycles. The van der Waals surface area contributed by atoms with Crippen LogP contribution in [0.2, 0.25) is 0 Å². The molecule has 0 amide bonds. The van der Waals surface area contributed by atoms with Crippen molar-refractivity contribution in [1.29, 1.82) is 0 Å². The van der Waals surface area contributed by atoms with E-state index in [9.17, 15) is 39.6 Å². The van der Waals surface area contributed by atoms with Crippen molar-refractivity contribution >= 4 is 23.9 Å². The summed E-state index contributed by atoms with van der Waals surface area (Å²) in [6.07, 6.45) is 0. The molecule has 0 spiro atoms. The molecule has 266 valence electrons. The summed E-state index contributed by atoms with van der Waals surface area (Å²) >= 11 is 0. The highest BCUT2D eigenvalue weighted by Crippen LogP contribution is 2.40. The Morgan fingerprint density at radius 3 is 0.615 bits per heavy atom. The van der Waals surface area contributed by atoms with Crippen LogP contribution in [0.25, 0.3) is 0 Å². The number of rotatable bonds is 10. The summed E-state index contributed by atoms with van der Waals surface area (Å²) in [7, 11) is 0. The zero-order chi connectivity index (χ0) is 38.3. The molecule has 0 atom stereocenters. The Hall–Kier alpha value is -6.02. The highest BCUT2D eigenvalue weighted by atomic mass is 16.4. The highest BCUT2D eigenvalue weighted by Gasteiger charge is 2.26. The molecule has 0 aliphatic carbocycles. The predicted octanol–water partition coefficient (Wildman–Crippen LogP) is 9.31. The molecule has 0 aliphatic rings. The summed E-state index contributed by atoms with van der Waals surface area (Å²) in [5.41, 5.74) is 11.1. The minimum Gasteiger partial charge on any atom is -0.478 e. The highest BCUT2D eigenvalue weighted by molar-refractivity contribution is 5.93. The first-order chi connectivity index (χ1) is 24.4. The monoisotopic (exact) mass is 698 g/mol. The van der Waals surface area contributed by atoms with Gasteiger partial charge in [-0.25, -0.2) is 19.2 Å². The van der Waals surface area contributed by atoms with E-state index >= 15 is 0 Å². The van der Waals surface area contributed by atoms with Crippen LogP contribution in [-0.4, -0.2) is 44.3 Å². The molecule has 0 bridgehead atoms. The SMILES string of the molecule is Cc1cc(C(c2ccc(C(c3cc(C)c(C(=O)O)c(C)c3)c3cc(C)c(C(=O)O)c(C)c3)cc2)c2cc(C)c(C(=O)O)c(C)c2)cc(C)c1C(=O)O. The van der Waals surface area contributed by atoms with Crippen LogP contribution in [0.4, 0.5) is 0 Å². The summed E-state index contributed by atoms with van der Waals surface area (Å²) in [6, 6.07) is 23.0. The van der Waals surface area contributed by atoms with E-state index in [0.29, 0.717) is 44.5 Å². The molecule has 0 radical (unpaired) electrons. The number of aromatic carboxylic acids is 4. The predicted molar refractivity (Wildman–Crippen MR) is 200 cm³/mol. The molecule has 52 heavy (non-hydrogen) atoms. The van der Waals surface area contributed by atoms with Crippen LogP contribution < -0.4 is 0 Å². The van der Waals surface area contributed by atoms with Crippen molar-refractivity contribution in [3.05, 3.63) is 173 Å². The number of benzene rings is 5. The first-order valence-electron chi connectivity index (χ1n) is 16.9. The van der Waals surface area contributed by atoms with Crippen LogP contribution in [0, 0.1) is 55.4 Å². The van der Waals surface area contributed by atoms with Gasteiger partial charge in [-0.2, -0.15) is 0 Å². The van der Waals surface area contributed by atoms with Gasteiger partial charge >= 0.3 is 23.9 Å². The zero-order valence-corrected chi connectivity index (χ0v) is 30.5. The quantitative estimate of drug-likeness (QED) is 0.105. The van der Waals surface area contributed by atoms with Crippen molar-refractivity contribution in [3.63, 3.8) is 0 Å². The molecule has 8 nitrogen and oxygen atoms in total. The molecule has 0 fully saturated rings. The molecule has 5 rings (SSSR count). The standard InChI is InChI=1S/C44H42O8/c1-21-13-31(14-22(2)35(21)41(45)46)39(32-15-23(3)36(42(47)48)24(4)16-32)29-9-11-30(12-10-29)40(33-17-25(5)37(43(49)50)26(6)18-33)34-19-27(7)38(44(51)52)28(8)20-34/h9-20,39-40H,1-8H3,(H,45,46)(H,47,48)(H,49,50)(H,51,52). The van der Waals surface area contributed by atoms with Crippen LogP contribution in [0.1, 0.15) is 131 Å². The second-order valence-electron chi connectivity index (χ2n) is 13.9. The van der Waals surface area contributed by atoms with Crippen molar-refractivity contribution in [3.8, 4) is 0 Å². The van der Waals surface area contributed by atoms with Gasteiger partial charge in [0.2, 0.25) is 0 Å². The second kappa shape index (κ2) is 14.3. The average Bonchev–Trinajstić information content (AvgIpc) is 3.00. The van der Waals surface area contributed by atoms with E-state index in [4.69, 9.17) is 0 Å². The van der Waals surface area contributed by atoms with Gasteiger partial charge in [0, 0.05) is 11.8 Å². The first kappa shape index (κ1) is 37.2. The van der Waals surface area contributed by atoms with E-state index in [-0.39, 0.29) is 34.1 Å². The van der Waals surface area contributed by atoms with Crippen molar-refractivity contribution in [2.24, 2.45) is 0 Å². The number of carboxylic acid groups (broad SMARTS) is 4. The number of carboxylic acids is 4. The van der Waals surface area contributed by atoms with Crippen LogP contribution in [0.3, 0.4) is 0 Å². The molecular weight excluding hydrogens is 656 g/mol. The van der Waals surface area contributed by atoms with Gasteiger partial charge in [-0.15, -0.1) is 0 Å². The molecule has 0 aliphatic heterocycles. The van der Waals surface area contributed by atoms with Gasteiger partial charge in [-0.05, 0) is 133 Å². The minimum absolute atomic E-state index is 0.244. The molecule has 0 saturated carbocycles. The Labute approximate surface area is 303 Å². The summed E-state index contributed by atoms with van der Waals surface area (Å²) in [5.74, 6) is -4.76. The molecule has 8 heteroatoms. The lowest BCUT2D eigenvalue weighted by atomic mass is 9.78. The number of hydrogen-bond acceptors (Lipinski definition) is 4. The maximum Gasteiger partial charge on any atom is 0.336 e. The number of hydrogen-bond donors (Lipinski definition) is 4. The third kappa shape index (κ3) is 6.97. The molecule has 5 aromatic carbocycles. The Morgan fingerprint density at radius 2 is 0.481 bits per heavy atom. The van der Waals surface area contributed by atoms with Crippen molar-refractivity contribution < 1.29 is 39.6 Å². The van der Waals surface area contributed by atoms with Gasteiger partial charge in [0.05, 0.1) is 22.3 Å². The van der Waals surface area contributed by atoms with E-state index in [1.165, 1.54) is 0 Å². The van der Waals surface area contributed by atoms with Crippen molar-refractivity contribution in [2.45, 2.75) is 67.2 Å². The van der Waals surface area contributed by atoms with E-state index < -0.39 is 23.9 Å². The van der Waals surface area contributed by atoms with Gasteiger partial charge in [-0.3, -0.25) is 0 Å². The van der Waals surface area contributed by atoms with Crippen LogP contribution in [-0.2, 0) is 0 Å². The first-order valence-corrected chi connectivity index (χ1v) is 16.9. The summed E-state index contributed by atoms with van der Waals surface area (Å²) in [5, 5.41) is 39.5.